The largest absolute Gasteiger partial charge is 0.504 e. The van der Waals surface area contributed by atoms with Gasteiger partial charge >= 0.3 is 6.09 Å². The summed E-state index contributed by atoms with van der Waals surface area (Å²) < 4.78 is 26.6. The van der Waals surface area contributed by atoms with Gasteiger partial charge in [0.15, 0.2) is 17.3 Å². The van der Waals surface area contributed by atoms with E-state index in [0.717, 1.165) is 12.8 Å². The first-order valence-corrected chi connectivity index (χ1v) is 13.1. The van der Waals surface area contributed by atoms with Crippen LogP contribution in [0.4, 0.5) is 20.6 Å². The molecule has 0 saturated carbocycles. The molecule has 2 N–H and O–H groups in total. The van der Waals surface area contributed by atoms with Gasteiger partial charge in [-0.05, 0) is 58.5 Å². The number of nitrogens with one attached hydrogen (secondary N) is 1. The number of anilines is 1. The number of hydrogen-bond acceptors (Lipinski definition) is 6. The fraction of sp³-hybridized carbons (Fsp3) is 0.444. The van der Waals surface area contributed by atoms with Gasteiger partial charge in [-0.2, -0.15) is 0 Å². The van der Waals surface area contributed by atoms with E-state index in [9.17, 15) is 14.3 Å². The minimum atomic E-state index is -0.726. The topological polar surface area (TPSA) is 95.8 Å². The number of amidine groups is 1. The lowest BCUT2D eigenvalue weighted by Crippen LogP contribution is -2.50. The summed E-state index contributed by atoms with van der Waals surface area (Å²) in [7, 11) is 1.53. The van der Waals surface area contributed by atoms with Crippen molar-refractivity contribution < 1.29 is 23.8 Å². The van der Waals surface area contributed by atoms with Gasteiger partial charge in [0.25, 0.3) is 0 Å². The van der Waals surface area contributed by atoms with Crippen LogP contribution in [0.2, 0.25) is 10.0 Å². The summed E-state index contributed by atoms with van der Waals surface area (Å²) in [5.74, 6) is -0.362. The highest BCUT2D eigenvalue weighted by atomic mass is 35.5. The molecular formula is C27H31Cl2FN4O4. The van der Waals surface area contributed by atoms with Gasteiger partial charge in [-0.15, -0.1) is 0 Å². The lowest BCUT2D eigenvalue weighted by molar-refractivity contribution is -0.00738. The summed E-state index contributed by atoms with van der Waals surface area (Å²) >= 11 is 11.9. The van der Waals surface area contributed by atoms with Crippen LogP contribution in [-0.2, 0) is 4.74 Å². The van der Waals surface area contributed by atoms with Gasteiger partial charge in [-0.25, -0.2) is 9.18 Å². The van der Waals surface area contributed by atoms with E-state index in [1.165, 1.54) is 25.2 Å². The van der Waals surface area contributed by atoms with Crippen LogP contribution in [0.1, 0.15) is 52.0 Å². The van der Waals surface area contributed by atoms with E-state index in [4.69, 9.17) is 32.7 Å². The maximum Gasteiger partial charge on any atom is 0.410 e. The number of halogens is 3. The van der Waals surface area contributed by atoms with Gasteiger partial charge in [0.2, 0.25) is 0 Å². The number of phenols is 1. The van der Waals surface area contributed by atoms with Crippen molar-refractivity contribution in [1.82, 2.24) is 4.90 Å². The Balaban J connectivity index is 1.55. The molecule has 0 radical (unpaired) electrons. The van der Waals surface area contributed by atoms with E-state index in [2.05, 4.69) is 22.0 Å². The average Bonchev–Trinajstić information content (AvgIpc) is 3.13. The number of piperidine rings is 1. The van der Waals surface area contributed by atoms with Crippen LogP contribution in [-0.4, -0.2) is 59.5 Å². The van der Waals surface area contributed by atoms with Crippen LogP contribution in [0.3, 0.4) is 0 Å². The van der Waals surface area contributed by atoms with Crippen molar-refractivity contribution in [1.29, 1.82) is 0 Å². The Hall–Kier alpha value is -3.04. The third-order valence-electron chi connectivity index (χ3n) is 6.60. The summed E-state index contributed by atoms with van der Waals surface area (Å²) in [6.07, 6.45) is 2.41. The number of nitrogens with zero attached hydrogens (tertiary/aromatic N) is 3. The molecule has 2 aromatic rings. The third-order valence-corrected chi connectivity index (χ3v) is 7.38. The minimum Gasteiger partial charge on any atom is -0.504 e. The molecular weight excluding hydrogens is 534 g/mol. The zero-order valence-electron chi connectivity index (χ0n) is 21.7. The van der Waals surface area contributed by atoms with Gasteiger partial charge in [-0.1, -0.05) is 23.2 Å². The van der Waals surface area contributed by atoms with Crippen molar-refractivity contribution >= 4 is 53.2 Å². The molecule has 2 aliphatic rings. The van der Waals surface area contributed by atoms with Crippen LogP contribution in [0, 0.1) is 5.82 Å². The fourth-order valence-electron chi connectivity index (χ4n) is 4.98. The Morgan fingerprint density at radius 1 is 1.21 bits per heavy atom. The number of fused-ring (bicyclic) bond motifs is 2. The van der Waals surface area contributed by atoms with Crippen molar-refractivity contribution in [2.45, 2.75) is 70.2 Å². The van der Waals surface area contributed by atoms with E-state index >= 15 is 0 Å². The Bertz CT molecular complexity index is 1270. The number of ether oxygens (including phenoxy) is 2. The Morgan fingerprint density at radius 2 is 1.87 bits per heavy atom. The molecule has 0 aromatic heterocycles. The minimum absolute atomic E-state index is 0.00334. The molecule has 2 heterocycles. The van der Waals surface area contributed by atoms with Crippen LogP contribution in [0.5, 0.6) is 11.5 Å². The van der Waals surface area contributed by atoms with Crippen molar-refractivity contribution in [3.63, 3.8) is 0 Å². The second kappa shape index (κ2) is 11.0. The molecule has 204 valence electrons. The average molecular weight is 565 g/mol. The van der Waals surface area contributed by atoms with Crippen LogP contribution in [0.15, 0.2) is 34.3 Å². The number of hydrogen-bond donors (Lipinski definition) is 2. The maximum absolute atomic E-state index is 14.7. The standard InChI is InChI=1S/C27H31Cl2FN4O4/c1-27(2,3)38-26(36)34-14-6-7-15(34)11-16(10-14)37-22-12-17(20(31-4)13-21(22)35)25(32-5)33-19-9-8-18(28)23(29)24(19)30/h8-9,12-16,35H,4,6-7,10-11H2,1-3,5H3,(H,32,33)/t14-,15+,16-. The van der Waals surface area contributed by atoms with E-state index in [-0.39, 0.29) is 57.3 Å². The van der Waals surface area contributed by atoms with E-state index in [1.54, 1.807) is 6.07 Å². The van der Waals surface area contributed by atoms with Gasteiger partial charge in [0.05, 0.1) is 21.4 Å². The molecule has 3 atom stereocenters. The highest BCUT2D eigenvalue weighted by Gasteiger charge is 2.45. The third kappa shape index (κ3) is 5.83. The summed E-state index contributed by atoms with van der Waals surface area (Å²) in [5.41, 5.74) is 0.259. The smallest absolute Gasteiger partial charge is 0.410 e. The molecule has 1 amide bonds. The first kappa shape index (κ1) is 28.0. The van der Waals surface area contributed by atoms with Crippen molar-refractivity contribution in [2.75, 3.05) is 12.4 Å². The zero-order valence-corrected chi connectivity index (χ0v) is 23.2. The number of phenolic OH excluding ortho intramolecular Hbond substituents is 1. The highest BCUT2D eigenvalue weighted by molar-refractivity contribution is 6.42. The van der Waals surface area contributed by atoms with E-state index in [1.807, 2.05) is 25.7 Å². The molecule has 38 heavy (non-hydrogen) atoms. The number of aromatic hydroxyl groups is 1. The number of carbonyl (C=O) groups is 1. The second-order valence-electron chi connectivity index (χ2n) is 10.4. The quantitative estimate of drug-likeness (QED) is 0.232. The molecule has 4 rings (SSSR count). The molecule has 8 nitrogen and oxygen atoms in total. The number of carbonyl (C=O) groups excluding carboxylic acids is 1. The van der Waals surface area contributed by atoms with Gasteiger partial charge in [0.1, 0.15) is 17.5 Å². The van der Waals surface area contributed by atoms with Crippen LogP contribution >= 0.6 is 23.2 Å². The first-order valence-electron chi connectivity index (χ1n) is 12.3. The van der Waals surface area contributed by atoms with Gasteiger partial charge in [-0.3, -0.25) is 9.98 Å². The van der Waals surface area contributed by atoms with Crippen LogP contribution < -0.4 is 10.1 Å². The molecule has 0 aliphatic carbocycles. The zero-order chi connectivity index (χ0) is 27.8. The van der Waals surface area contributed by atoms with E-state index in [0.29, 0.717) is 24.1 Å². The maximum atomic E-state index is 14.7. The number of rotatable bonds is 5. The summed E-state index contributed by atoms with van der Waals surface area (Å²) in [5, 5.41) is 13.5. The summed E-state index contributed by atoms with van der Waals surface area (Å²) in [6.45, 7) is 9.13. The summed E-state index contributed by atoms with van der Waals surface area (Å²) in [6, 6.07) is 5.92. The summed E-state index contributed by atoms with van der Waals surface area (Å²) in [4.78, 5) is 22.8. The lowest BCUT2D eigenvalue weighted by Gasteiger charge is -2.39. The van der Waals surface area contributed by atoms with Crippen molar-refractivity contribution in [3.8, 4) is 11.5 Å². The van der Waals surface area contributed by atoms with Crippen LogP contribution in [0.25, 0.3) is 0 Å². The Labute approximate surface area is 231 Å². The molecule has 2 aliphatic heterocycles. The number of amides is 1. The fourth-order valence-corrected chi connectivity index (χ4v) is 5.29. The van der Waals surface area contributed by atoms with Gasteiger partial charge < -0.3 is 24.8 Å². The molecule has 2 saturated heterocycles. The second-order valence-corrected chi connectivity index (χ2v) is 11.2. The Kier molecular flexibility index (Phi) is 8.09. The number of benzene rings is 2. The first-order chi connectivity index (χ1) is 17.9. The van der Waals surface area contributed by atoms with Gasteiger partial charge in [0, 0.05) is 43.6 Å². The van der Waals surface area contributed by atoms with E-state index < -0.39 is 11.4 Å². The molecule has 0 spiro atoms. The monoisotopic (exact) mass is 564 g/mol. The highest BCUT2D eigenvalue weighted by Crippen LogP contribution is 2.41. The lowest BCUT2D eigenvalue weighted by atomic mass is 10.00. The van der Waals surface area contributed by atoms with Crippen molar-refractivity contribution in [3.05, 3.63) is 45.7 Å². The molecule has 2 fully saturated rings. The molecule has 2 bridgehead atoms. The number of aliphatic imine (C=N–C) groups is 2. The molecule has 11 heteroatoms. The normalized spacial score (nSPS) is 21.3. The SMILES string of the molecule is C=Nc1cc(O)c(O[C@@H]2C[C@H]3CC[C@@H](C2)N3C(=O)OC(C)(C)C)cc1/C(=N\C)Nc1ccc(Cl)c(Cl)c1F. The molecule has 2 aromatic carbocycles. The molecule has 0 unspecified atom stereocenters. The predicted octanol–water partition coefficient (Wildman–Crippen LogP) is 6.97. The Morgan fingerprint density at radius 3 is 2.45 bits per heavy atom. The predicted molar refractivity (Wildman–Crippen MR) is 148 cm³/mol. The van der Waals surface area contributed by atoms with Crippen molar-refractivity contribution in [2.24, 2.45) is 9.98 Å².